The van der Waals surface area contributed by atoms with Crippen molar-refractivity contribution in [1.29, 1.82) is 0 Å². The van der Waals surface area contributed by atoms with Gasteiger partial charge in [0.25, 0.3) is 5.95 Å². The zero-order valence-corrected chi connectivity index (χ0v) is 9.41. The second-order valence-corrected chi connectivity index (χ2v) is 3.74. The Morgan fingerprint density at radius 2 is 1.44 bits per heavy atom. The minimum absolute atomic E-state index is 0.0593. The maximum Gasteiger partial charge on any atom is 0.283 e. The van der Waals surface area contributed by atoms with E-state index in [1.54, 1.807) is 30.3 Å². The van der Waals surface area contributed by atoms with E-state index in [9.17, 15) is 20.4 Å². The molecule has 18 heavy (non-hydrogen) atoms. The van der Waals surface area contributed by atoms with Crippen molar-refractivity contribution in [3.05, 3.63) is 65.6 Å². The molecule has 0 aliphatic rings. The molecule has 4 nitrogen and oxygen atoms in total. The first-order valence-corrected chi connectivity index (χ1v) is 5.30. The van der Waals surface area contributed by atoms with Crippen LogP contribution in [-0.4, -0.2) is 20.4 Å². The highest BCUT2D eigenvalue weighted by Crippen LogP contribution is 2.36. The lowest BCUT2D eigenvalue weighted by Gasteiger charge is -2.10. The molecular weight excluding hydrogens is 232 g/mol. The number of aliphatic hydroxyl groups excluding tert-OH is 1. The molecule has 0 fully saturated rings. The van der Waals surface area contributed by atoms with Gasteiger partial charge in [-0.3, -0.25) is 0 Å². The molecule has 4 heteroatoms. The van der Waals surface area contributed by atoms with Gasteiger partial charge in [0, 0.05) is 5.56 Å². The topological polar surface area (TPSA) is 80.9 Å². The Hall–Kier alpha value is -2.62. The van der Waals surface area contributed by atoms with Gasteiger partial charge in [0.05, 0.1) is 5.57 Å². The van der Waals surface area contributed by atoms with E-state index in [1.165, 1.54) is 18.2 Å². The number of aromatic hydroxyl groups is 2. The van der Waals surface area contributed by atoms with Gasteiger partial charge in [-0.1, -0.05) is 42.5 Å². The first-order chi connectivity index (χ1) is 8.61. The summed E-state index contributed by atoms with van der Waals surface area (Å²) in [6, 6.07) is 12.9. The fourth-order valence-corrected chi connectivity index (χ4v) is 1.74. The number of hydrogen-bond acceptors (Lipinski definition) is 4. The van der Waals surface area contributed by atoms with Crippen LogP contribution in [0.2, 0.25) is 0 Å². The number of benzene rings is 2. The highest BCUT2D eigenvalue weighted by Gasteiger charge is 2.16. The maximum absolute atomic E-state index is 9.77. The summed E-state index contributed by atoms with van der Waals surface area (Å²) >= 11 is 0. The summed E-state index contributed by atoms with van der Waals surface area (Å²) in [4.78, 5) is 0. The lowest BCUT2D eigenvalue weighted by atomic mass is 9.97. The fourth-order valence-electron chi connectivity index (χ4n) is 1.74. The van der Waals surface area contributed by atoms with Gasteiger partial charge in [-0.25, -0.2) is 0 Å². The van der Waals surface area contributed by atoms with Gasteiger partial charge in [0.2, 0.25) is 0 Å². The molecule has 92 valence electrons. The third-order valence-corrected chi connectivity index (χ3v) is 2.57. The van der Waals surface area contributed by atoms with Crippen molar-refractivity contribution < 1.29 is 20.4 Å². The second-order valence-electron chi connectivity index (χ2n) is 3.74. The maximum atomic E-state index is 9.77. The highest BCUT2D eigenvalue weighted by molar-refractivity contribution is 5.84. The fraction of sp³-hybridized carbons (Fsp3) is 0. The average molecular weight is 244 g/mol. The van der Waals surface area contributed by atoms with E-state index in [1.807, 2.05) is 0 Å². The largest absolute Gasteiger partial charge is 0.504 e. The Bertz CT molecular complexity index is 584. The van der Waals surface area contributed by atoms with Gasteiger partial charge in [-0.05, 0) is 11.6 Å². The van der Waals surface area contributed by atoms with Gasteiger partial charge in [-0.15, -0.1) is 0 Å². The van der Waals surface area contributed by atoms with Crippen LogP contribution in [-0.2, 0) is 0 Å². The van der Waals surface area contributed by atoms with Gasteiger partial charge >= 0.3 is 0 Å². The van der Waals surface area contributed by atoms with Crippen LogP contribution in [0.1, 0.15) is 11.1 Å². The number of para-hydroxylation sites is 1. The van der Waals surface area contributed by atoms with Crippen LogP contribution in [0.4, 0.5) is 0 Å². The molecule has 2 aromatic carbocycles. The van der Waals surface area contributed by atoms with Crippen LogP contribution in [0.15, 0.2) is 54.5 Å². The zero-order valence-electron chi connectivity index (χ0n) is 9.41. The van der Waals surface area contributed by atoms with Gasteiger partial charge < -0.3 is 20.4 Å². The SMILES string of the molecule is OC(O)=C(c1ccccc1)c1cccc(O)c1O. The Labute approximate surface area is 104 Å². The minimum atomic E-state index is -0.915. The van der Waals surface area contributed by atoms with E-state index in [4.69, 9.17) is 0 Å². The predicted molar refractivity (Wildman–Crippen MR) is 67.5 cm³/mol. The van der Waals surface area contributed by atoms with Gasteiger partial charge in [-0.2, -0.15) is 0 Å². The summed E-state index contributed by atoms with van der Waals surface area (Å²) in [6.07, 6.45) is 0. The van der Waals surface area contributed by atoms with Crippen LogP contribution in [0.3, 0.4) is 0 Å². The van der Waals surface area contributed by atoms with Crippen LogP contribution in [0, 0.1) is 0 Å². The molecule has 0 saturated heterocycles. The minimum Gasteiger partial charge on any atom is -0.504 e. The van der Waals surface area contributed by atoms with E-state index in [0.29, 0.717) is 5.56 Å². The molecule has 0 spiro atoms. The molecule has 0 radical (unpaired) electrons. The second kappa shape index (κ2) is 4.71. The quantitative estimate of drug-likeness (QED) is 0.483. The summed E-state index contributed by atoms with van der Waals surface area (Å²) in [5.74, 6) is -1.62. The summed E-state index contributed by atoms with van der Waals surface area (Å²) in [5, 5.41) is 38.0. The van der Waals surface area contributed by atoms with Crippen molar-refractivity contribution in [2.45, 2.75) is 0 Å². The van der Waals surface area contributed by atoms with Crippen LogP contribution in [0.5, 0.6) is 11.5 Å². The Balaban J connectivity index is 2.65. The zero-order chi connectivity index (χ0) is 13.1. The first-order valence-electron chi connectivity index (χ1n) is 5.30. The van der Waals surface area contributed by atoms with E-state index in [-0.39, 0.29) is 16.9 Å². The van der Waals surface area contributed by atoms with Crippen molar-refractivity contribution in [2.75, 3.05) is 0 Å². The number of phenols is 2. The average Bonchev–Trinajstić information content (AvgIpc) is 2.36. The molecule has 0 amide bonds. The van der Waals surface area contributed by atoms with Gasteiger partial charge in [0.15, 0.2) is 11.5 Å². The Kier molecular flexibility index (Phi) is 3.10. The van der Waals surface area contributed by atoms with E-state index >= 15 is 0 Å². The summed E-state index contributed by atoms with van der Waals surface area (Å²) in [5.41, 5.74) is 0.739. The number of aliphatic hydroxyl groups is 2. The van der Waals surface area contributed by atoms with Crippen molar-refractivity contribution >= 4 is 5.57 Å². The smallest absolute Gasteiger partial charge is 0.283 e. The number of phenolic OH excluding ortho intramolecular Hbond substituents is 2. The molecule has 2 aromatic rings. The molecule has 0 aromatic heterocycles. The first kappa shape index (κ1) is 11.9. The van der Waals surface area contributed by atoms with Crippen LogP contribution < -0.4 is 0 Å². The molecule has 4 N–H and O–H groups in total. The summed E-state index contributed by atoms with van der Waals surface area (Å²) < 4.78 is 0. The predicted octanol–water partition coefficient (Wildman–Crippen LogP) is 2.93. The molecule has 0 unspecified atom stereocenters. The van der Waals surface area contributed by atoms with Crippen molar-refractivity contribution in [2.24, 2.45) is 0 Å². The van der Waals surface area contributed by atoms with Crippen LogP contribution in [0.25, 0.3) is 5.57 Å². The molecule has 0 aliphatic carbocycles. The summed E-state index contributed by atoms with van der Waals surface area (Å²) in [6.45, 7) is 0. The standard InChI is InChI=1S/C14H12O4/c15-11-8-4-7-10(13(11)16)12(14(17)18)9-5-2-1-3-6-9/h1-8,15-18H. The monoisotopic (exact) mass is 244 g/mol. The molecule has 0 saturated carbocycles. The van der Waals surface area contributed by atoms with Crippen molar-refractivity contribution in [3.63, 3.8) is 0 Å². The van der Waals surface area contributed by atoms with Gasteiger partial charge in [0.1, 0.15) is 0 Å². The third kappa shape index (κ3) is 2.08. The number of rotatable bonds is 2. The van der Waals surface area contributed by atoms with E-state index < -0.39 is 11.7 Å². The molecule has 0 bridgehead atoms. The molecule has 0 atom stereocenters. The third-order valence-electron chi connectivity index (χ3n) is 2.57. The molecule has 0 aliphatic heterocycles. The highest BCUT2D eigenvalue weighted by atomic mass is 16.5. The summed E-state index contributed by atoms with van der Waals surface area (Å²) in [7, 11) is 0. The molecule has 2 rings (SSSR count). The Morgan fingerprint density at radius 3 is 2.06 bits per heavy atom. The molecule has 0 heterocycles. The van der Waals surface area contributed by atoms with E-state index in [0.717, 1.165) is 0 Å². The van der Waals surface area contributed by atoms with E-state index in [2.05, 4.69) is 0 Å². The Morgan fingerprint density at radius 1 is 0.778 bits per heavy atom. The molecular formula is C14H12O4. The lowest BCUT2D eigenvalue weighted by Crippen LogP contribution is -1.94. The number of hydrogen-bond donors (Lipinski definition) is 4. The van der Waals surface area contributed by atoms with Crippen molar-refractivity contribution in [3.8, 4) is 11.5 Å². The van der Waals surface area contributed by atoms with Crippen molar-refractivity contribution in [1.82, 2.24) is 0 Å². The lowest BCUT2D eigenvalue weighted by molar-refractivity contribution is 0.194. The normalized spacial score (nSPS) is 10.0. The van der Waals surface area contributed by atoms with Crippen LogP contribution >= 0.6 is 0 Å².